The van der Waals surface area contributed by atoms with Gasteiger partial charge in [0.05, 0.1) is 0 Å². The molecule has 0 bridgehead atoms. The molecule has 1 aromatic rings. The first kappa shape index (κ1) is 11.9. The van der Waals surface area contributed by atoms with Crippen LogP contribution in [0.15, 0.2) is 18.3 Å². The highest BCUT2D eigenvalue weighted by Crippen LogP contribution is 2.18. The Labute approximate surface area is 101 Å². The smallest absolute Gasteiger partial charge is 0.267 e. The number of primary amides is 1. The first-order chi connectivity index (χ1) is 8.18. The zero-order valence-electron chi connectivity index (χ0n) is 10.0. The highest BCUT2D eigenvalue weighted by molar-refractivity contribution is 5.91. The third-order valence-electron chi connectivity index (χ3n) is 3.22. The Morgan fingerprint density at radius 3 is 3.12 bits per heavy atom. The third kappa shape index (κ3) is 2.74. The number of amides is 1. The van der Waals surface area contributed by atoms with Crippen molar-refractivity contribution in [2.24, 2.45) is 5.73 Å². The van der Waals surface area contributed by atoms with Crippen molar-refractivity contribution in [3.63, 3.8) is 0 Å². The maximum atomic E-state index is 11.1. The Hall–Kier alpha value is -1.62. The molecule has 5 nitrogen and oxygen atoms in total. The van der Waals surface area contributed by atoms with Gasteiger partial charge in [0.25, 0.3) is 5.91 Å². The summed E-state index contributed by atoms with van der Waals surface area (Å²) in [7, 11) is 2.04. The molecule has 3 N–H and O–H groups in total. The summed E-state index contributed by atoms with van der Waals surface area (Å²) in [6.45, 7) is 2.07. The van der Waals surface area contributed by atoms with E-state index in [0.717, 1.165) is 25.2 Å². The zero-order valence-corrected chi connectivity index (χ0v) is 10.0. The molecule has 2 heterocycles. The minimum atomic E-state index is -0.484. The molecule has 0 saturated carbocycles. The maximum absolute atomic E-state index is 11.1. The predicted octanol–water partition coefficient (Wildman–Crippen LogP) is 0.369. The van der Waals surface area contributed by atoms with Crippen molar-refractivity contribution in [3.8, 4) is 0 Å². The first-order valence-corrected chi connectivity index (χ1v) is 5.88. The van der Waals surface area contributed by atoms with E-state index in [-0.39, 0.29) is 0 Å². The van der Waals surface area contributed by atoms with Crippen LogP contribution in [-0.4, -0.2) is 37.1 Å². The highest BCUT2D eigenvalue weighted by Gasteiger charge is 2.18. The van der Waals surface area contributed by atoms with E-state index < -0.39 is 5.91 Å². The van der Waals surface area contributed by atoms with Crippen molar-refractivity contribution in [2.45, 2.75) is 18.9 Å². The van der Waals surface area contributed by atoms with Gasteiger partial charge >= 0.3 is 0 Å². The molecule has 0 aromatic carbocycles. The SMILES string of the molecule is CN(c1ccnc(C(N)=O)c1)C1CCCNC1. The lowest BCUT2D eigenvalue weighted by Gasteiger charge is -2.33. The number of aromatic nitrogens is 1. The summed E-state index contributed by atoms with van der Waals surface area (Å²) in [6.07, 6.45) is 3.97. The average molecular weight is 234 g/mol. The number of hydrogen-bond donors (Lipinski definition) is 2. The number of nitrogens with zero attached hydrogens (tertiary/aromatic N) is 2. The van der Waals surface area contributed by atoms with Gasteiger partial charge in [0.1, 0.15) is 5.69 Å². The molecule has 1 unspecified atom stereocenters. The Morgan fingerprint density at radius 2 is 2.47 bits per heavy atom. The molecule has 0 radical (unpaired) electrons. The number of nitrogens with one attached hydrogen (secondary N) is 1. The summed E-state index contributed by atoms with van der Waals surface area (Å²) in [5.74, 6) is -0.484. The number of carbonyl (C=O) groups is 1. The summed E-state index contributed by atoms with van der Waals surface area (Å²) in [4.78, 5) is 17.2. The van der Waals surface area contributed by atoms with Crippen LogP contribution in [0, 0.1) is 0 Å². The van der Waals surface area contributed by atoms with Crippen LogP contribution >= 0.6 is 0 Å². The number of rotatable bonds is 3. The zero-order chi connectivity index (χ0) is 12.3. The van der Waals surface area contributed by atoms with Crippen LogP contribution in [0.5, 0.6) is 0 Å². The van der Waals surface area contributed by atoms with Crippen LogP contribution in [-0.2, 0) is 0 Å². The number of piperidine rings is 1. The lowest BCUT2D eigenvalue weighted by molar-refractivity contribution is 0.0995. The van der Waals surface area contributed by atoms with Gasteiger partial charge < -0.3 is 16.0 Å². The number of carbonyl (C=O) groups excluding carboxylic acids is 1. The maximum Gasteiger partial charge on any atom is 0.267 e. The van der Waals surface area contributed by atoms with E-state index in [2.05, 4.69) is 15.2 Å². The van der Waals surface area contributed by atoms with Crippen LogP contribution in [0.25, 0.3) is 0 Å². The van der Waals surface area contributed by atoms with Crippen LogP contribution in [0.3, 0.4) is 0 Å². The molecule has 1 aromatic heterocycles. The van der Waals surface area contributed by atoms with Crippen molar-refractivity contribution in [3.05, 3.63) is 24.0 Å². The number of anilines is 1. The van der Waals surface area contributed by atoms with E-state index in [4.69, 9.17) is 5.73 Å². The Morgan fingerprint density at radius 1 is 1.65 bits per heavy atom. The second kappa shape index (κ2) is 5.14. The molecule has 5 heteroatoms. The molecule has 1 aliphatic heterocycles. The fourth-order valence-corrected chi connectivity index (χ4v) is 2.15. The quantitative estimate of drug-likeness (QED) is 0.792. The summed E-state index contributed by atoms with van der Waals surface area (Å²) in [5, 5.41) is 3.37. The summed E-state index contributed by atoms with van der Waals surface area (Å²) in [5.41, 5.74) is 6.54. The van der Waals surface area contributed by atoms with Gasteiger partial charge in [0.15, 0.2) is 0 Å². The number of nitrogens with two attached hydrogens (primary N) is 1. The molecular formula is C12H18N4O. The third-order valence-corrected chi connectivity index (χ3v) is 3.22. The van der Waals surface area contributed by atoms with Gasteiger partial charge in [0.2, 0.25) is 0 Å². The van der Waals surface area contributed by atoms with Gasteiger partial charge in [-0.25, -0.2) is 0 Å². The number of likely N-dealkylation sites (N-methyl/N-ethyl adjacent to an activating group) is 1. The first-order valence-electron chi connectivity index (χ1n) is 5.88. The van der Waals surface area contributed by atoms with Crippen LogP contribution in [0.4, 0.5) is 5.69 Å². The van der Waals surface area contributed by atoms with E-state index >= 15 is 0 Å². The largest absolute Gasteiger partial charge is 0.370 e. The van der Waals surface area contributed by atoms with Crippen LogP contribution < -0.4 is 16.0 Å². The normalized spacial score (nSPS) is 19.9. The fourth-order valence-electron chi connectivity index (χ4n) is 2.15. The lowest BCUT2D eigenvalue weighted by atomic mass is 10.1. The van der Waals surface area contributed by atoms with Crippen LogP contribution in [0.1, 0.15) is 23.3 Å². The minimum Gasteiger partial charge on any atom is -0.370 e. The summed E-state index contributed by atoms with van der Waals surface area (Å²) < 4.78 is 0. The standard InChI is InChI=1S/C12H18N4O/c1-16(10-3-2-5-14-8-10)9-4-6-15-11(7-9)12(13)17/h4,6-7,10,14H,2-3,5,8H2,1H3,(H2,13,17). The Balaban J connectivity index is 2.14. The molecule has 1 saturated heterocycles. The average Bonchev–Trinajstić information content (AvgIpc) is 2.39. The highest BCUT2D eigenvalue weighted by atomic mass is 16.1. The Bertz CT molecular complexity index is 401. The van der Waals surface area contributed by atoms with Gasteiger partial charge in [0, 0.05) is 31.5 Å². The molecule has 0 aliphatic carbocycles. The topological polar surface area (TPSA) is 71.2 Å². The molecule has 92 valence electrons. The van der Waals surface area contributed by atoms with Gasteiger partial charge in [-0.2, -0.15) is 0 Å². The molecule has 0 spiro atoms. The summed E-state index contributed by atoms with van der Waals surface area (Å²) >= 11 is 0. The molecule has 1 atom stereocenters. The molecule has 1 fully saturated rings. The minimum absolute atomic E-state index is 0.318. The van der Waals surface area contributed by atoms with Crippen molar-refractivity contribution < 1.29 is 4.79 Å². The number of pyridine rings is 1. The fraction of sp³-hybridized carbons (Fsp3) is 0.500. The second-order valence-corrected chi connectivity index (χ2v) is 4.37. The predicted molar refractivity (Wildman–Crippen MR) is 67.0 cm³/mol. The van der Waals surface area contributed by atoms with Crippen LogP contribution in [0.2, 0.25) is 0 Å². The van der Waals surface area contributed by atoms with Gasteiger partial charge in [-0.15, -0.1) is 0 Å². The van der Waals surface area contributed by atoms with E-state index in [0.29, 0.717) is 11.7 Å². The van der Waals surface area contributed by atoms with E-state index in [1.807, 2.05) is 13.1 Å². The van der Waals surface area contributed by atoms with E-state index in [1.165, 1.54) is 6.42 Å². The lowest BCUT2D eigenvalue weighted by Crippen LogP contribution is -2.44. The molecule has 17 heavy (non-hydrogen) atoms. The van der Waals surface area contributed by atoms with Gasteiger partial charge in [-0.3, -0.25) is 9.78 Å². The number of hydrogen-bond acceptors (Lipinski definition) is 4. The summed E-state index contributed by atoms with van der Waals surface area (Å²) in [6, 6.07) is 4.12. The van der Waals surface area contributed by atoms with E-state index in [9.17, 15) is 4.79 Å². The molecule has 2 rings (SSSR count). The van der Waals surface area contributed by atoms with Crippen molar-refractivity contribution in [1.29, 1.82) is 0 Å². The monoisotopic (exact) mass is 234 g/mol. The van der Waals surface area contributed by atoms with Gasteiger partial charge in [-0.1, -0.05) is 0 Å². The molecular weight excluding hydrogens is 216 g/mol. The van der Waals surface area contributed by atoms with Crippen molar-refractivity contribution in [1.82, 2.24) is 10.3 Å². The van der Waals surface area contributed by atoms with E-state index in [1.54, 1.807) is 12.3 Å². The van der Waals surface area contributed by atoms with Crippen molar-refractivity contribution >= 4 is 11.6 Å². The molecule has 1 aliphatic rings. The second-order valence-electron chi connectivity index (χ2n) is 4.37. The van der Waals surface area contributed by atoms with Gasteiger partial charge in [-0.05, 0) is 31.5 Å². The molecule has 1 amide bonds. The van der Waals surface area contributed by atoms with Crippen molar-refractivity contribution in [2.75, 3.05) is 25.0 Å². The Kier molecular flexibility index (Phi) is 3.58.